The smallest absolute Gasteiger partial charge is 0.416 e. The van der Waals surface area contributed by atoms with Gasteiger partial charge in [0.05, 0.1) is 23.2 Å². The van der Waals surface area contributed by atoms with Gasteiger partial charge in [-0.05, 0) is 31.0 Å². The van der Waals surface area contributed by atoms with E-state index in [0.29, 0.717) is 6.54 Å². The first-order valence-electron chi connectivity index (χ1n) is 8.49. The first kappa shape index (κ1) is 23.5. The fourth-order valence-corrected chi connectivity index (χ4v) is 2.78. The molecule has 0 bridgehead atoms. The topological polar surface area (TPSA) is 19.7 Å². The summed E-state index contributed by atoms with van der Waals surface area (Å²) < 4.78 is 79.7. The third kappa shape index (κ3) is 6.55. The van der Waals surface area contributed by atoms with Crippen LogP contribution in [0.1, 0.15) is 50.2 Å². The minimum absolute atomic E-state index is 0. The number of aryl methyl sites for hydroxylation is 1. The molecule has 0 fully saturated rings. The van der Waals surface area contributed by atoms with E-state index >= 15 is 0 Å². The normalized spacial score (nSPS) is 12.1. The predicted molar refractivity (Wildman–Crippen MR) is 85.2 cm³/mol. The number of aromatic nitrogens is 2. The molecule has 0 radical (unpaired) electrons. The highest BCUT2D eigenvalue weighted by Gasteiger charge is 2.37. The molecule has 1 N–H and O–H groups in total. The summed E-state index contributed by atoms with van der Waals surface area (Å²) in [5, 5.41) is 0. The minimum Gasteiger partial charge on any atom is -1.00 e. The monoisotopic (exact) mass is 458 g/mol. The lowest BCUT2D eigenvalue weighted by Crippen LogP contribution is -3.00. The Balaban J connectivity index is 0.00000364. The van der Waals surface area contributed by atoms with Gasteiger partial charge in [-0.1, -0.05) is 26.2 Å². The largest absolute Gasteiger partial charge is 1.00 e. The van der Waals surface area contributed by atoms with E-state index in [1.54, 1.807) is 10.8 Å². The lowest BCUT2D eigenvalue weighted by molar-refractivity contribution is -0.685. The number of hydrogen-bond acceptors (Lipinski definition) is 0. The molecule has 0 aliphatic heterocycles. The maximum atomic E-state index is 13.0. The number of nitrogens with one attached hydrogen (secondary N) is 1. The Labute approximate surface area is 164 Å². The highest BCUT2D eigenvalue weighted by molar-refractivity contribution is 5.56. The summed E-state index contributed by atoms with van der Waals surface area (Å²) in [4.78, 5) is 2.76. The van der Waals surface area contributed by atoms with Gasteiger partial charge in [0.25, 0.3) is 5.82 Å². The summed E-state index contributed by atoms with van der Waals surface area (Å²) in [7, 11) is 0. The van der Waals surface area contributed by atoms with Crippen molar-refractivity contribution in [3.63, 3.8) is 0 Å². The number of nitrogens with zero attached hydrogens (tertiary/aromatic N) is 1. The molecule has 0 saturated carbocycles. The maximum Gasteiger partial charge on any atom is 0.416 e. The standard InChI is InChI=1S/C18H20F6N2.BrH/c1-2-3-4-5-6-8-26-9-7-25-16(26)13-10-14(17(19,20)21)12-15(11-13)18(22,23)24;/h7,9-12H,2-6,8H2,1H3;1H. The van der Waals surface area contributed by atoms with Crippen LogP contribution in [0.15, 0.2) is 30.6 Å². The van der Waals surface area contributed by atoms with Crippen molar-refractivity contribution >= 4 is 0 Å². The van der Waals surface area contributed by atoms with E-state index in [4.69, 9.17) is 0 Å². The lowest BCUT2D eigenvalue weighted by Gasteiger charge is -2.13. The number of hydrogen-bond donors (Lipinski definition) is 1. The van der Waals surface area contributed by atoms with Crippen LogP contribution in [0.5, 0.6) is 0 Å². The summed E-state index contributed by atoms with van der Waals surface area (Å²) in [6.45, 7) is 2.62. The summed E-state index contributed by atoms with van der Waals surface area (Å²) in [5.41, 5.74) is -2.76. The van der Waals surface area contributed by atoms with Crippen molar-refractivity contribution in [2.75, 3.05) is 0 Å². The van der Waals surface area contributed by atoms with Gasteiger partial charge in [-0.2, -0.15) is 26.3 Å². The first-order valence-corrected chi connectivity index (χ1v) is 8.49. The SMILES string of the molecule is CCCCCCC[n+]1cc[nH]c1-c1cc(C(F)(F)F)cc(C(F)(F)F)c1.[Br-]. The van der Waals surface area contributed by atoms with E-state index in [1.807, 2.05) is 0 Å². The van der Waals surface area contributed by atoms with Crippen molar-refractivity contribution in [3.05, 3.63) is 41.7 Å². The number of halogens is 7. The van der Waals surface area contributed by atoms with Crippen LogP contribution in [-0.4, -0.2) is 4.98 Å². The second-order valence-electron chi connectivity index (χ2n) is 6.21. The Morgan fingerprint density at radius 3 is 1.93 bits per heavy atom. The van der Waals surface area contributed by atoms with E-state index in [2.05, 4.69) is 11.9 Å². The van der Waals surface area contributed by atoms with Crippen molar-refractivity contribution in [1.29, 1.82) is 0 Å². The molecule has 2 rings (SSSR count). The number of alkyl halides is 6. The van der Waals surface area contributed by atoms with Crippen molar-refractivity contribution in [2.24, 2.45) is 0 Å². The molecule has 1 heterocycles. The Hall–Kier alpha value is -1.51. The molecule has 1 aromatic carbocycles. The van der Waals surface area contributed by atoms with Crippen molar-refractivity contribution < 1.29 is 47.9 Å². The third-order valence-electron chi connectivity index (χ3n) is 4.13. The Morgan fingerprint density at radius 1 is 0.852 bits per heavy atom. The van der Waals surface area contributed by atoms with Gasteiger partial charge < -0.3 is 17.0 Å². The minimum atomic E-state index is -4.85. The summed E-state index contributed by atoms with van der Waals surface area (Å²) in [6.07, 6.45) is -1.56. The fraction of sp³-hybridized carbons (Fsp3) is 0.500. The van der Waals surface area contributed by atoms with Gasteiger partial charge in [-0.3, -0.25) is 0 Å². The number of benzene rings is 1. The molecule has 0 amide bonds. The second kappa shape index (κ2) is 9.61. The van der Waals surface area contributed by atoms with Crippen LogP contribution in [-0.2, 0) is 18.9 Å². The Morgan fingerprint density at radius 2 is 1.41 bits per heavy atom. The van der Waals surface area contributed by atoms with Crippen LogP contribution in [0, 0.1) is 0 Å². The van der Waals surface area contributed by atoms with Crippen LogP contribution in [0.2, 0.25) is 0 Å². The fourth-order valence-electron chi connectivity index (χ4n) is 2.78. The zero-order chi connectivity index (χ0) is 19.4. The van der Waals surface area contributed by atoms with E-state index in [9.17, 15) is 26.3 Å². The molecule has 0 aliphatic rings. The molecule has 0 atom stereocenters. The number of H-pyrrole nitrogens is 1. The van der Waals surface area contributed by atoms with Gasteiger partial charge in [-0.15, -0.1) is 0 Å². The van der Waals surface area contributed by atoms with Crippen LogP contribution in [0.4, 0.5) is 26.3 Å². The molecular formula is C18H21BrF6N2. The van der Waals surface area contributed by atoms with E-state index in [1.165, 1.54) is 6.20 Å². The third-order valence-corrected chi connectivity index (χ3v) is 4.13. The zero-order valence-corrected chi connectivity index (χ0v) is 16.3. The molecule has 1 aromatic heterocycles. The van der Waals surface area contributed by atoms with Crippen LogP contribution in [0.25, 0.3) is 11.4 Å². The molecule has 152 valence electrons. The molecule has 27 heavy (non-hydrogen) atoms. The van der Waals surface area contributed by atoms with E-state index < -0.39 is 23.5 Å². The number of unbranched alkanes of at least 4 members (excludes halogenated alkanes) is 4. The number of aromatic amines is 1. The quantitative estimate of drug-likeness (QED) is 0.374. The maximum absolute atomic E-state index is 13.0. The summed E-state index contributed by atoms with van der Waals surface area (Å²) in [6, 6.07) is 1.63. The molecule has 2 aromatic rings. The Kier molecular flexibility index (Phi) is 8.38. The second-order valence-corrected chi connectivity index (χ2v) is 6.21. The molecule has 9 heteroatoms. The molecule has 0 spiro atoms. The zero-order valence-electron chi connectivity index (χ0n) is 14.7. The summed E-state index contributed by atoms with van der Waals surface area (Å²) in [5.74, 6) is 0.233. The van der Waals surface area contributed by atoms with Gasteiger partial charge in [0.1, 0.15) is 12.4 Å². The van der Waals surface area contributed by atoms with Crippen molar-refractivity contribution in [1.82, 2.24) is 4.98 Å². The van der Waals surface area contributed by atoms with Gasteiger partial charge >= 0.3 is 12.4 Å². The highest BCUT2D eigenvalue weighted by atomic mass is 79.9. The van der Waals surface area contributed by atoms with Crippen LogP contribution >= 0.6 is 0 Å². The molecule has 0 saturated heterocycles. The van der Waals surface area contributed by atoms with Gasteiger partial charge in [-0.25, -0.2) is 9.55 Å². The van der Waals surface area contributed by atoms with E-state index in [-0.39, 0.29) is 34.4 Å². The van der Waals surface area contributed by atoms with Crippen molar-refractivity contribution in [2.45, 2.75) is 57.9 Å². The molecule has 2 nitrogen and oxygen atoms in total. The molecule has 0 unspecified atom stereocenters. The predicted octanol–water partition coefficient (Wildman–Crippen LogP) is 2.98. The van der Waals surface area contributed by atoms with Gasteiger partial charge in [0.2, 0.25) is 0 Å². The first-order chi connectivity index (χ1) is 12.1. The van der Waals surface area contributed by atoms with Crippen molar-refractivity contribution in [3.8, 4) is 11.4 Å². The number of imidazole rings is 1. The van der Waals surface area contributed by atoms with Crippen LogP contribution < -0.4 is 21.5 Å². The van der Waals surface area contributed by atoms with Gasteiger partial charge in [0, 0.05) is 0 Å². The Bertz CT molecular complexity index is 689. The molecular weight excluding hydrogens is 438 g/mol. The highest BCUT2D eigenvalue weighted by Crippen LogP contribution is 2.37. The molecule has 0 aliphatic carbocycles. The number of rotatable bonds is 7. The lowest BCUT2D eigenvalue weighted by atomic mass is 10.0. The average Bonchev–Trinajstić information content (AvgIpc) is 3.01. The summed E-state index contributed by atoms with van der Waals surface area (Å²) >= 11 is 0. The average molecular weight is 459 g/mol. The van der Waals surface area contributed by atoms with Crippen LogP contribution in [0.3, 0.4) is 0 Å². The van der Waals surface area contributed by atoms with Gasteiger partial charge in [0.15, 0.2) is 0 Å². The van der Waals surface area contributed by atoms with E-state index in [0.717, 1.165) is 44.2 Å².